The Bertz CT molecular complexity index is 759. The number of aromatic nitrogens is 2. The van der Waals surface area contributed by atoms with Crippen LogP contribution >= 0.6 is 0 Å². The smallest absolute Gasteiger partial charge is 0.426 e. The van der Waals surface area contributed by atoms with Gasteiger partial charge >= 0.3 is 7.12 Å². The Labute approximate surface area is 164 Å². The highest BCUT2D eigenvalue weighted by Crippen LogP contribution is 2.09. The first-order chi connectivity index (χ1) is 13.4. The molecular weight excluding hydrogens is 359 g/mol. The number of amides is 2. The number of hydrogen-bond acceptors (Lipinski definition) is 6. The van der Waals surface area contributed by atoms with E-state index in [1.165, 1.54) is 18.6 Å². The Kier molecular flexibility index (Phi) is 8.10. The standard InChI is InChI=1S/C19H25BN4O4/c1-13(2)10-17(20(27)28)24-18(25)15(11-14-6-4-3-5-7-14)23-19(26)16-12-21-8-9-22-16/h3-9,12-13,15,17,27-28H,10-11H2,1-2H3,(H,23,26)(H,24,25)/t15-,17+/m0/s1. The fourth-order valence-electron chi connectivity index (χ4n) is 2.75. The monoisotopic (exact) mass is 384 g/mol. The van der Waals surface area contributed by atoms with Gasteiger partial charge in [-0.1, -0.05) is 44.2 Å². The van der Waals surface area contributed by atoms with Crippen LogP contribution in [0, 0.1) is 5.92 Å². The Morgan fingerprint density at radius 1 is 1.11 bits per heavy atom. The van der Waals surface area contributed by atoms with Gasteiger partial charge < -0.3 is 20.7 Å². The van der Waals surface area contributed by atoms with Crippen molar-refractivity contribution in [2.75, 3.05) is 0 Å². The maximum Gasteiger partial charge on any atom is 0.475 e. The van der Waals surface area contributed by atoms with Gasteiger partial charge in [0.2, 0.25) is 5.91 Å². The fraction of sp³-hybridized carbons (Fsp3) is 0.368. The van der Waals surface area contributed by atoms with Gasteiger partial charge in [0.1, 0.15) is 11.7 Å². The Morgan fingerprint density at radius 3 is 2.39 bits per heavy atom. The molecule has 2 rings (SSSR count). The van der Waals surface area contributed by atoms with E-state index in [4.69, 9.17) is 0 Å². The summed E-state index contributed by atoms with van der Waals surface area (Å²) >= 11 is 0. The van der Waals surface area contributed by atoms with Crippen molar-refractivity contribution in [2.24, 2.45) is 5.92 Å². The predicted octanol–water partition coefficient (Wildman–Crippen LogP) is 0.361. The van der Waals surface area contributed by atoms with Gasteiger partial charge in [-0.15, -0.1) is 0 Å². The quantitative estimate of drug-likeness (QED) is 0.463. The minimum Gasteiger partial charge on any atom is -0.426 e. The van der Waals surface area contributed by atoms with E-state index in [0.29, 0.717) is 6.42 Å². The van der Waals surface area contributed by atoms with Crippen LogP contribution in [0.15, 0.2) is 48.9 Å². The summed E-state index contributed by atoms with van der Waals surface area (Å²) in [6, 6.07) is 8.33. The molecular formula is C19H25BN4O4. The summed E-state index contributed by atoms with van der Waals surface area (Å²) in [6.07, 6.45) is 4.78. The molecule has 0 aliphatic carbocycles. The average molecular weight is 384 g/mol. The molecule has 1 aromatic carbocycles. The molecule has 0 saturated carbocycles. The summed E-state index contributed by atoms with van der Waals surface area (Å²) < 4.78 is 0. The molecule has 0 unspecified atom stereocenters. The number of carbonyl (C=O) groups excluding carboxylic acids is 2. The van der Waals surface area contributed by atoms with Crippen LogP contribution in [0.1, 0.15) is 36.3 Å². The molecule has 0 bridgehead atoms. The van der Waals surface area contributed by atoms with Crippen molar-refractivity contribution in [3.8, 4) is 0 Å². The second-order valence-electron chi connectivity index (χ2n) is 6.96. The lowest BCUT2D eigenvalue weighted by Gasteiger charge is -2.24. The van der Waals surface area contributed by atoms with Gasteiger partial charge in [0.05, 0.1) is 12.1 Å². The van der Waals surface area contributed by atoms with E-state index in [-0.39, 0.29) is 18.0 Å². The molecule has 0 radical (unpaired) electrons. The van der Waals surface area contributed by atoms with Crippen LogP contribution < -0.4 is 10.6 Å². The van der Waals surface area contributed by atoms with E-state index in [0.717, 1.165) is 5.56 Å². The van der Waals surface area contributed by atoms with Crippen molar-refractivity contribution >= 4 is 18.9 Å². The fourth-order valence-corrected chi connectivity index (χ4v) is 2.75. The van der Waals surface area contributed by atoms with Gasteiger partial charge in [-0.2, -0.15) is 0 Å². The SMILES string of the molecule is CC(C)C[C@@H](NC(=O)[C@H](Cc1ccccc1)NC(=O)c1cnccn1)B(O)O. The van der Waals surface area contributed by atoms with Crippen LogP contribution in [0.2, 0.25) is 0 Å². The first-order valence-corrected chi connectivity index (χ1v) is 9.14. The second-order valence-corrected chi connectivity index (χ2v) is 6.96. The Hall–Kier alpha value is -2.78. The molecule has 0 aliphatic rings. The molecule has 1 aromatic heterocycles. The highest BCUT2D eigenvalue weighted by molar-refractivity contribution is 6.43. The first kappa shape index (κ1) is 21.5. The zero-order valence-electron chi connectivity index (χ0n) is 15.9. The predicted molar refractivity (Wildman–Crippen MR) is 105 cm³/mol. The maximum absolute atomic E-state index is 12.8. The van der Waals surface area contributed by atoms with Gasteiger partial charge in [-0.25, -0.2) is 4.98 Å². The molecule has 2 aromatic rings. The van der Waals surface area contributed by atoms with Gasteiger partial charge in [0.25, 0.3) is 5.91 Å². The number of rotatable bonds is 9. The summed E-state index contributed by atoms with van der Waals surface area (Å²) in [5, 5.41) is 24.5. The van der Waals surface area contributed by atoms with Crippen LogP contribution in [-0.2, 0) is 11.2 Å². The van der Waals surface area contributed by atoms with Crippen LogP contribution in [-0.4, -0.2) is 50.9 Å². The Morgan fingerprint density at radius 2 is 1.82 bits per heavy atom. The molecule has 0 spiro atoms. The van der Waals surface area contributed by atoms with Gasteiger partial charge in [0, 0.05) is 18.8 Å². The van der Waals surface area contributed by atoms with Crippen molar-refractivity contribution in [3.05, 3.63) is 60.2 Å². The number of hydrogen-bond donors (Lipinski definition) is 4. The van der Waals surface area contributed by atoms with Crippen molar-refractivity contribution in [1.29, 1.82) is 0 Å². The van der Waals surface area contributed by atoms with Crippen molar-refractivity contribution < 1.29 is 19.6 Å². The largest absolute Gasteiger partial charge is 0.475 e. The van der Waals surface area contributed by atoms with E-state index in [1.54, 1.807) is 0 Å². The number of nitrogens with zero attached hydrogens (tertiary/aromatic N) is 2. The highest BCUT2D eigenvalue weighted by atomic mass is 16.4. The minimum absolute atomic E-state index is 0.0919. The number of benzene rings is 1. The average Bonchev–Trinajstić information content (AvgIpc) is 2.68. The van der Waals surface area contributed by atoms with Gasteiger partial charge in [-0.05, 0) is 17.9 Å². The third kappa shape index (κ3) is 6.75. The van der Waals surface area contributed by atoms with Crippen LogP contribution in [0.5, 0.6) is 0 Å². The zero-order valence-corrected chi connectivity index (χ0v) is 15.9. The number of nitrogens with one attached hydrogen (secondary N) is 2. The van der Waals surface area contributed by atoms with Gasteiger partial charge in [-0.3, -0.25) is 14.6 Å². The second kappa shape index (κ2) is 10.5. The first-order valence-electron chi connectivity index (χ1n) is 9.14. The van der Waals surface area contributed by atoms with E-state index in [2.05, 4.69) is 20.6 Å². The summed E-state index contributed by atoms with van der Waals surface area (Å²) in [5.74, 6) is -1.72. The molecule has 28 heavy (non-hydrogen) atoms. The topological polar surface area (TPSA) is 124 Å². The molecule has 9 heteroatoms. The third-order valence-corrected chi connectivity index (χ3v) is 4.11. The lowest BCUT2D eigenvalue weighted by atomic mass is 9.75. The molecule has 1 heterocycles. The van der Waals surface area contributed by atoms with E-state index >= 15 is 0 Å². The maximum atomic E-state index is 12.8. The van der Waals surface area contributed by atoms with Crippen LogP contribution in [0.4, 0.5) is 0 Å². The summed E-state index contributed by atoms with van der Waals surface area (Å²) in [6.45, 7) is 3.83. The summed E-state index contributed by atoms with van der Waals surface area (Å²) in [5.41, 5.74) is 0.946. The molecule has 0 fully saturated rings. The van der Waals surface area contributed by atoms with Crippen molar-refractivity contribution in [3.63, 3.8) is 0 Å². The molecule has 4 N–H and O–H groups in total. The van der Waals surface area contributed by atoms with Crippen LogP contribution in [0.25, 0.3) is 0 Å². The van der Waals surface area contributed by atoms with E-state index < -0.39 is 30.9 Å². The highest BCUT2D eigenvalue weighted by Gasteiger charge is 2.30. The molecule has 0 aliphatic heterocycles. The van der Waals surface area contributed by atoms with Gasteiger partial charge in [0.15, 0.2) is 0 Å². The minimum atomic E-state index is -1.69. The summed E-state index contributed by atoms with van der Waals surface area (Å²) in [4.78, 5) is 33.1. The summed E-state index contributed by atoms with van der Waals surface area (Å²) in [7, 11) is -1.69. The van der Waals surface area contributed by atoms with Crippen molar-refractivity contribution in [1.82, 2.24) is 20.6 Å². The molecule has 148 valence electrons. The molecule has 2 amide bonds. The lowest BCUT2D eigenvalue weighted by molar-refractivity contribution is -0.123. The molecule has 2 atom stereocenters. The zero-order chi connectivity index (χ0) is 20.5. The molecule has 0 saturated heterocycles. The van der Waals surface area contributed by atoms with Crippen molar-refractivity contribution in [2.45, 2.75) is 38.7 Å². The third-order valence-electron chi connectivity index (χ3n) is 4.11. The molecule has 8 nitrogen and oxygen atoms in total. The lowest BCUT2D eigenvalue weighted by Crippen LogP contribution is -2.55. The van der Waals surface area contributed by atoms with E-state index in [9.17, 15) is 19.6 Å². The van der Waals surface area contributed by atoms with E-state index in [1.807, 2.05) is 44.2 Å². The number of carbonyl (C=O) groups is 2. The Balaban J connectivity index is 2.16. The normalized spacial score (nSPS) is 12.9. The van der Waals surface area contributed by atoms with Crippen LogP contribution in [0.3, 0.4) is 0 Å².